The summed E-state index contributed by atoms with van der Waals surface area (Å²) in [6.07, 6.45) is 0.320. The topological polar surface area (TPSA) is 80.3 Å². The summed E-state index contributed by atoms with van der Waals surface area (Å²) < 4.78 is 50.7. The SMILES string of the molecule is Cc1cc(Br)ccc1NS(=O)(=O)C1CCS(=O)(=O)CC1. The summed E-state index contributed by atoms with van der Waals surface area (Å²) in [7, 11) is -6.61. The maximum Gasteiger partial charge on any atom is 0.235 e. The first-order valence-corrected chi connectivity index (χ1v) is 10.3. The van der Waals surface area contributed by atoms with Crippen LogP contribution in [0.3, 0.4) is 0 Å². The molecule has 20 heavy (non-hydrogen) atoms. The molecule has 0 aliphatic carbocycles. The third-order valence-corrected chi connectivity index (χ3v) is 7.44. The molecule has 0 spiro atoms. The second-order valence-electron chi connectivity index (χ2n) is 4.96. The number of hydrogen-bond donors (Lipinski definition) is 1. The second kappa shape index (κ2) is 5.65. The number of halogens is 1. The Bertz CT molecular complexity index is 699. The number of anilines is 1. The lowest BCUT2D eigenvalue weighted by molar-refractivity contribution is 0.555. The van der Waals surface area contributed by atoms with Crippen molar-refractivity contribution in [3.63, 3.8) is 0 Å². The van der Waals surface area contributed by atoms with Crippen molar-refractivity contribution >= 4 is 41.5 Å². The molecule has 0 radical (unpaired) electrons. The molecule has 1 aliphatic rings. The van der Waals surface area contributed by atoms with Crippen LogP contribution in [0.1, 0.15) is 18.4 Å². The van der Waals surface area contributed by atoms with Gasteiger partial charge in [0.25, 0.3) is 0 Å². The number of sulfonamides is 1. The first kappa shape index (κ1) is 15.8. The van der Waals surface area contributed by atoms with Crippen LogP contribution in [0, 0.1) is 6.92 Å². The summed E-state index contributed by atoms with van der Waals surface area (Å²) in [5, 5.41) is -0.644. The van der Waals surface area contributed by atoms with E-state index >= 15 is 0 Å². The van der Waals surface area contributed by atoms with E-state index in [2.05, 4.69) is 20.7 Å². The molecular formula is C12H16BrNO4S2. The highest BCUT2D eigenvalue weighted by Crippen LogP contribution is 2.25. The summed E-state index contributed by atoms with van der Waals surface area (Å²) in [5.41, 5.74) is 1.34. The maximum absolute atomic E-state index is 12.3. The van der Waals surface area contributed by atoms with Gasteiger partial charge in [-0.05, 0) is 43.5 Å². The Morgan fingerprint density at radius 2 is 1.85 bits per heavy atom. The molecule has 5 nitrogen and oxygen atoms in total. The minimum Gasteiger partial charge on any atom is -0.283 e. The monoisotopic (exact) mass is 381 g/mol. The van der Waals surface area contributed by atoms with Crippen molar-refractivity contribution in [1.82, 2.24) is 0 Å². The fourth-order valence-corrected chi connectivity index (χ4v) is 5.98. The lowest BCUT2D eigenvalue weighted by Gasteiger charge is -2.23. The molecule has 1 fully saturated rings. The number of aryl methyl sites for hydroxylation is 1. The first-order chi connectivity index (χ1) is 9.20. The summed E-state index contributed by atoms with van der Waals surface area (Å²) >= 11 is 3.32. The average Bonchev–Trinajstić information content (AvgIpc) is 2.32. The molecule has 1 aliphatic heterocycles. The molecule has 0 aromatic heterocycles. The van der Waals surface area contributed by atoms with E-state index in [4.69, 9.17) is 0 Å². The summed E-state index contributed by atoms with van der Waals surface area (Å²) in [6, 6.07) is 5.27. The summed E-state index contributed by atoms with van der Waals surface area (Å²) in [6.45, 7) is 1.81. The molecule has 0 bridgehead atoms. The molecule has 0 unspecified atom stereocenters. The van der Waals surface area contributed by atoms with Crippen LogP contribution in [0.25, 0.3) is 0 Å². The number of rotatable bonds is 3. The normalized spacial score (nSPS) is 19.7. The van der Waals surface area contributed by atoms with Crippen molar-refractivity contribution in [1.29, 1.82) is 0 Å². The predicted octanol–water partition coefficient (Wildman–Crippen LogP) is 2.08. The molecule has 1 saturated heterocycles. The molecule has 8 heteroatoms. The van der Waals surface area contributed by atoms with E-state index in [9.17, 15) is 16.8 Å². The van der Waals surface area contributed by atoms with Crippen LogP contribution in [-0.4, -0.2) is 33.6 Å². The van der Waals surface area contributed by atoms with Crippen LogP contribution in [-0.2, 0) is 19.9 Å². The van der Waals surface area contributed by atoms with Crippen molar-refractivity contribution in [2.75, 3.05) is 16.2 Å². The van der Waals surface area contributed by atoms with Gasteiger partial charge in [0, 0.05) is 4.47 Å². The average molecular weight is 382 g/mol. The quantitative estimate of drug-likeness (QED) is 0.868. The molecule has 0 atom stereocenters. The first-order valence-electron chi connectivity index (χ1n) is 6.18. The van der Waals surface area contributed by atoms with E-state index in [0.717, 1.165) is 10.0 Å². The van der Waals surface area contributed by atoms with Gasteiger partial charge in [-0.3, -0.25) is 4.72 Å². The Balaban J connectivity index is 2.16. The zero-order valence-electron chi connectivity index (χ0n) is 11.0. The molecule has 112 valence electrons. The molecule has 0 saturated carbocycles. The summed E-state index contributed by atoms with van der Waals surface area (Å²) in [5.74, 6) is -0.115. The number of nitrogens with one attached hydrogen (secondary N) is 1. The summed E-state index contributed by atoms with van der Waals surface area (Å²) in [4.78, 5) is 0. The maximum atomic E-state index is 12.3. The van der Waals surface area contributed by atoms with Gasteiger partial charge in [-0.25, -0.2) is 16.8 Å². The zero-order chi connectivity index (χ0) is 15.0. The Morgan fingerprint density at radius 3 is 2.40 bits per heavy atom. The highest BCUT2D eigenvalue weighted by Gasteiger charge is 2.32. The molecule has 1 heterocycles. The van der Waals surface area contributed by atoms with E-state index in [1.807, 2.05) is 13.0 Å². The van der Waals surface area contributed by atoms with Gasteiger partial charge in [0.15, 0.2) is 0 Å². The third kappa shape index (κ3) is 3.73. The van der Waals surface area contributed by atoms with Crippen molar-refractivity contribution in [3.05, 3.63) is 28.2 Å². The lowest BCUT2D eigenvalue weighted by atomic mass is 10.2. The highest BCUT2D eigenvalue weighted by molar-refractivity contribution is 9.10. The van der Waals surface area contributed by atoms with Gasteiger partial charge in [0.1, 0.15) is 9.84 Å². The molecule has 0 amide bonds. The number of sulfone groups is 1. The van der Waals surface area contributed by atoms with Crippen molar-refractivity contribution in [2.24, 2.45) is 0 Å². The van der Waals surface area contributed by atoms with Crippen molar-refractivity contribution < 1.29 is 16.8 Å². The standard InChI is InChI=1S/C12H16BrNO4S2/c1-9-8-10(13)2-3-12(9)14-20(17,18)11-4-6-19(15,16)7-5-11/h2-3,8,11,14H,4-7H2,1H3. The van der Waals surface area contributed by atoms with E-state index in [0.29, 0.717) is 5.69 Å². The van der Waals surface area contributed by atoms with E-state index in [1.54, 1.807) is 12.1 Å². The highest BCUT2D eigenvalue weighted by atomic mass is 79.9. The smallest absolute Gasteiger partial charge is 0.235 e. The van der Waals surface area contributed by atoms with Crippen molar-refractivity contribution in [3.8, 4) is 0 Å². The van der Waals surface area contributed by atoms with E-state index in [1.165, 1.54) is 0 Å². The van der Waals surface area contributed by atoms with Crippen LogP contribution < -0.4 is 4.72 Å². The Morgan fingerprint density at radius 1 is 1.25 bits per heavy atom. The van der Waals surface area contributed by atoms with Crippen LogP contribution in [0.15, 0.2) is 22.7 Å². The molecule has 2 rings (SSSR count). The Kier molecular flexibility index (Phi) is 4.46. The molecule has 1 N–H and O–H groups in total. The fourth-order valence-electron chi connectivity index (χ4n) is 2.16. The van der Waals surface area contributed by atoms with Gasteiger partial charge in [-0.2, -0.15) is 0 Å². The van der Waals surface area contributed by atoms with E-state index in [-0.39, 0.29) is 24.3 Å². The van der Waals surface area contributed by atoms with Crippen LogP contribution in [0.5, 0.6) is 0 Å². The van der Waals surface area contributed by atoms with Gasteiger partial charge >= 0.3 is 0 Å². The van der Waals surface area contributed by atoms with Crippen LogP contribution in [0.4, 0.5) is 5.69 Å². The number of hydrogen-bond acceptors (Lipinski definition) is 4. The van der Waals surface area contributed by atoms with Gasteiger partial charge < -0.3 is 0 Å². The van der Waals surface area contributed by atoms with Crippen LogP contribution >= 0.6 is 15.9 Å². The minimum absolute atomic E-state index is 0.0576. The molecular weight excluding hydrogens is 366 g/mol. The minimum atomic E-state index is -3.55. The van der Waals surface area contributed by atoms with Gasteiger partial charge in [0.2, 0.25) is 10.0 Å². The van der Waals surface area contributed by atoms with Crippen LogP contribution in [0.2, 0.25) is 0 Å². The number of benzene rings is 1. The van der Waals surface area contributed by atoms with Gasteiger partial charge in [0.05, 0.1) is 22.4 Å². The largest absolute Gasteiger partial charge is 0.283 e. The Hall–Kier alpha value is -0.600. The van der Waals surface area contributed by atoms with Gasteiger partial charge in [-0.15, -0.1) is 0 Å². The third-order valence-electron chi connectivity index (χ3n) is 3.38. The van der Waals surface area contributed by atoms with E-state index < -0.39 is 25.1 Å². The second-order valence-corrected chi connectivity index (χ2v) is 10.1. The molecule has 1 aromatic rings. The Labute approximate surface area is 127 Å². The van der Waals surface area contributed by atoms with Crippen molar-refractivity contribution in [2.45, 2.75) is 25.0 Å². The fraction of sp³-hybridized carbons (Fsp3) is 0.500. The predicted molar refractivity (Wildman–Crippen MR) is 83.1 cm³/mol. The van der Waals surface area contributed by atoms with Gasteiger partial charge in [-0.1, -0.05) is 15.9 Å². The molecule has 1 aromatic carbocycles. The lowest BCUT2D eigenvalue weighted by Crippen LogP contribution is -2.36. The zero-order valence-corrected chi connectivity index (χ0v) is 14.2.